The van der Waals surface area contributed by atoms with E-state index in [1.807, 2.05) is 16.8 Å². The lowest BCUT2D eigenvalue weighted by atomic mass is 10.1. The summed E-state index contributed by atoms with van der Waals surface area (Å²) < 4.78 is 1.84. The number of halogens is 1. The molecule has 0 aliphatic carbocycles. The first-order valence-electron chi connectivity index (χ1n) is 5.21. The van der Waals surface area contributed by atoms with Gasteiger partial charge in [0.05, 0.1) is 23.5 Å². The lowest BCUT2D eigenvalue weighted by Crippen LogP contribution is -2.12. The smallest absolute Gasteiger partial charge is 0.0869 e. The van der Waals surface area contributed by atoms with Crippen molar-refractivity contribution in [3.8, 4) is 11.3 Å². The first kappa shape index (κ1) is 11.2. The molecule has 1 heterocycles. The van der Waals surface area contributed by atoms with E-state index in [1.54, 1.807) is 6.20 Å². The van der Waals surface area contributed by atoms with Crippen LogP contribution in [0.25, 0.3) is 11.3 Å². The Kier molecular flexibility index (Phi) is 3.27. The molecule has 0 fully saturated rings. The fraction of sp³-hybridized carbons (Fsp3) is 0.250. The molecule has 2 aromatic rings. The summed E-state index contributed by atoms with van der Waals surface area (Å²) in [5.74, 6) is 0. The Labute approximate surface area is 99.8 Å². The van der Waals surface area contributed by atoms with Gasteiger partial charge in [-0.25, -0.2) is 0 Å². The largest absolute Gasteiger partial charge is 0.329 e. The summed E-state index contributed by atoms with van der Waals surface area (Å²) in [5, 5.41) is 4.88. The van der Waals surface area contributed by atoms with E-state index in [9.17, 15) is 0 Å². The summed E-state index contributed by atoms with van der Waals surface area (Å²) in [5.41, 5.74) is 8.77. The number of aryl methyl sites for hydroxylation is 1. The van der Waals surface area contributed by atoms with Gasteiger partial charge in [-0.05, 0) is 13.0 Å². The fourth-order valence-corrected chi connectivity index (χ4v) is 1.98. The van der Waals surface area contributed by atoms with Gasteiger partial charge in [0.15, 0.2) is 0 Å². The van der Waals surface area contributed by atoms with Crippen LogP contribution in [0.4, 0.5) is 0 Å². The van der Waals surface area contributed by atoms with Crippen LogP contribution in [-0.4, -0.2) is 16.3 Å². The maximum Gasteiger partial charge on any atom is 0.0869 e. The van der Waals surface area contributed by atoms with E-state index in [0.29, 0.717) is 18.1 Å². The summed E-state index contributed by atoms with van der Waals surface area (Å²) in [4.78, 5) is 0. The molecule has 4 heteroatoms. The maximum absolute atomic E-state index is 6.14. The van der Waals surface area contributed by atoms with Crippen LogP contribution in [0.2, 0.25) is 5.02 Å². The molecule has 0 spiro atoms. The highest BCUT2D eigenvalue weighted by molar-refractivity contribution is 6.33. The van der Waals surface area contributed by atoms with Crippen LogP contribution in [0, 0.1) is 6.92 Å². The first-order valence-corrected chi connectivity index (χ1v) is 5.58. The highest BCUT2D eigenvalue weighted by atomic mass is 35.5. The Bertz CT molecular complexity index is 491. The lowest BCUT2D eigenvalue weighted by molar-refractivity contribution is 0.631. The summed E-state index contributed by atoms with van der Waals surface area (Å²) in [6.07, 6.45) is 1.66. The highest BCUT2D eigenvalue weighted by Crippen LogP contribution is 2.27. The Morgan fingerprint density at radius 3 is 2.94 bits per heavy atom. The Morgan fingerprint density at radius 2 is 2.25 bits per heavy atom. The average Bonchev–Trinajstić information content (AvgIpc) is 2.60. The number of nitrogens with two attached hydrogens (primary N) is 1. The van der Waals surface area contributed by atoms with E-state index in [4.69, 9.17) is 17.3 Å². The van der Waals surface area contributed by atoms with Crippen molar-refractivity contribution in [1.82, 2.24) is 9.78 Å². The van der Waals surface area contributed by atoms with Gasteiger partial charge >= 0.3 is 0 Å². The van der Waals surface area contributed by atoms with Crippen LogP contribution in [0.1, 0.15) is 5.56 Å². The molecule has 0 radical (unpaired) electrons. The minimum atomic E-state index is 0.552. The van der Waals surface area contributed by atoms with Crippen LogP contribution >= 0.6 is 11.6 Å². The van der Waals surface area contributed by atoms with Crippen LogP contribution in [0.15, 0.2) is 30.5 Å². The van der Waals surface area contributed by atoms with Crippen molar-refractivity contribution in [3.63, 3.8) is 0 Å². The normalized spacial score (nSPS) is 10.7. The van der Waals surface area contributed by atoms with Gasteiger partial charge in [0.1, 0.15) is 0 Å². The molecule has 0 aliphatic rings. The van der Waals surface area contributed by atoms with Crippen molar-refractivity contribution < 1.29 is 0 Å². The fourth-order valence-electron chi connectivity index (χ4n) is 1.73. The van der Waals surface area contributed by atoms with E-state index < -0.39 is 0 Å². The molecule has 1 aromatic heterocycles. The minimum Gasteiger partial charge on any atom is -0.329 e. The van der Waals surface area contributed by atoms with Crippen LogP contribution in [0.5, 0.6) is 0 Å². The first-order chi connectivity index (χ1) is 7.72. The lowest BCUT2D eigenvalue weighted by Gasteiger charge is -2.07. The van der Waals surface area contributed by atoms with E-state index >= 15 is 0 Å². The van der Waals surface area contributed by atoms with Crippen LogP contribution in [-0.2, 0) is 6.54 Å². The topological polar surface area (TPSA) is 43.8 Å². The molecule has 0 unspecified atom stereocenters. The summed E-state index contributed by atoms with van der Waals surface area (Å²) in [7, 11) is 0. The molecule has 0 amide bonds. The predicted molar refractivity (Wildman–Crippen MR) is 66.5 cm³/mol. The molecule has 84 valence electrons. The molecular weight excluding hydrogens is 222 g/mol. The number of rotatable bonds is 3. The Morgan fingerprint density at radius 1 is 1.44 bits per heavy atom. The van der Waals surface area contributed by atoms with Crippen molar-refractivity contribution in [3.05, 3.63) is 41.0 Å². The number of nitrogens with zero attached hydrogens (tertiary/aromatic N) is 2. The van der Waals surface area contributed by atoms with Crippen LogP contribution < -0.4 is 5.73 Å². The van der Waals surface area contributed by atoms with Gasteiger partial charge in [-0.2, -0.15) is 5.10 Å². The van der Waals surface area contributed by atoms with Gasteiger partial charge in [0.2, 0.25) is 0 Å². The second-order valence-corrected chi connectivity index (χ2v) is 4.13. The predicted octanol–water partition coefficient (Wildman–Crippen LogP) is 2.47. The molecule has 0 saturated carbocycles. The summed E-state index contributed by atoms with van der Waals surface area (Å²) in [6, 6.07) is 8.20. The van der Waals surface area contributed by atoms with Crippen molar-refractivity contribution >= 4 is 11.6 Å². The maximum atomic E-state index is 6.14. The van der Waals surface area contributed by atoms with E-state index in [1.165, 1.54) is 5.56 Å². The van der Waals surface area contributed by atoms with E-state index in [0.717, 1.165) is 11.3 Å². The second-order valence-electron chi connectivity index (χ2n) is 3.72. The molecule has 2 N–H and O–H groups in total. The molecule has 0 atom stereocenters. The number of hydrogen-bond donors (Lipinski definition) is 1. The van der Waals surface area contributed by atoms with Gasteiger partial charge in [-0.3, -0.25) is 4.68 Å². The minimum absolute atomic E-state index is 0.552. The van der Waals surface area contributed by atoms with Gasteiger partial charge < -0.3 is 5.73 Å². The SMILES string of the molecule is Cc1cccc(-c2c(Cl)cnn2CCN)c1. The van der Waals surface area contributed by atoms with E-state index in [2.05, 4.69) is 24.2 Å². The molecular formula is C12H14ClN3. The standard InChI is InChI=1S/C12H14ClN3/c1-9-3-2-4-10(7-9)12-11(13)8-15-16(12)6-5-14/h2-4,7-8H,5-6,14H2,1H3. The molecule has 0 bridgehead atoms. The molecule has 3 nitrogen and oxygen atoms in total. The second kappa shape index (κ2) is 4.68. The zero-order chi connectivity index (χ0) is 11.5. The molecule has 16 heavy (non-hydrogen) atoms. The number of benzene rings is 1. The summed E-state index contributed by atoms with van der Waals surface area (Å²) >= 11 is 6.14. The molecule has 1 aromatic carbocycles. The number of hydrogen-bond acceptors (Lipinski definition) is 2. The highest BCUT2D eigenvalue weighted by Gasteiger charge is 2.10. The van der Waals surface area contributed by atoms with Crippen molar-refractivity contribution in [2.45, 2.75) is 13.5 Å². The number of aromatic nitrogens is 2. The monoisotopic (exact) mass is 235 g/mol. The Hall–Kier alpha value is -1.32. The molecule has 0 aliphatic heterocycles. The third kappa shape index (κ3) is 2.10. The quantitative estimate of drug-likeness (QED) is 0.888. The average molecular weight is 236 g/mol. The van der Waals surface area contributed by atoms with Gasteiger partial charge in [-0.15, -0.1) is 0 Å². The third-order valence-electron chi connectivity index (χ3n) is 2.43. The van der Waals surface area contributed by atoms with Gasteiger partial charge in [0.25, 0.3) is 0 Å². The molecule has 0 saturated heterocycles. The Balaban J connectivity index is 2.50. The van der Waals surface area contributed by atoms with Crippen LogP contribution in [0.3, 0.4) is 0 Å². The van der Waals surface area contributed by atoms with Gasteiger partial charge in [-0.1, -0.05) is 35.4 Å². The molecule has 2 rings (SSSR count). The zero-order valence-corrected chi connectivity index (χ0v) is 9.91. The van der Waals surface area contributed by atoms with Crippen molar-refractivity contribution in [1.29, 1.82) is 0 Å². The third-order valence-corrected chi connectivity index (χ3v) is 2.70. The van der Waals surface area contributed by atoms with Crippen molar-refractivity contribution in [2.75, 3.05) is 6.54 Å². The van der Waals surface area contributed by atoms with Gasteiger partial charge in [0, 0.05) is 12.1 Å². The zero-order valence-electron chi connectivity index (χ0n) is 9.15. The van der Waals surface area contributed by atoms with Crippen molar-refractivity contribution in [2.24, 2.45) is 5.73 Å². The van der Waals surface area contributed by atoms with E-state index in [-0.39, 0.29) is 0 Å². The summed E-state index contributed by atoms with van der Waals surface area (Å²) in [6.45, 7) is 3.29.